The van der Waals surface area contributed by atoms with Gasteiger partial charge in [0, 0.05) is 18.2 Å². The second-order valence-corrected chi connectivity index (χ2v) is 6.75. The smallest absolute Gasteiger partial charge is 0.254 e. The van der Waals surface area contributed by atoms with E-state index in [9.17, 15) is 17.6 Å². The van der Waals surface area contributed by atoms with Crippen LogP contribution < -0.4 is 5.14 Å². The quantitative estimate of drug-likeness (QED) is 0.919. The van der Waals surface area contributed by atoms with Crippen LogP contribution in [0.15, 0.2) is 23.1 Å². The Kier molecular flexibility index (Phi) is 4.55. The fourth-order valence-electron chi connectivity index (χ4n) is 1.56. The first-order valence-electron chi connectivity index (χ1n) is 6.11. The first kappa shape index (κ1) is 16.6. The molecule has 0 saturated carbocycles. The van der Waals surface area contributed by atoms with Crippen molar-refractivity contribution in [2.75, 3.05) is 7.05 Å². The minimum atomic E-state index is -4.20. The van der Waals surface area contributed by atoms with Crippen LogP contribution in [0.3, 0.4) is 0 Å². The lowest BCUT2D eigenvalue weighted by Crippen LogP contribution is -2.44. The van der Waals surface area contributed by atoms with Crippen LogP contribution in [-0.2, 0) is 10.0 Å². The van der Waals surface area contributed by atoms with Crippen LogP contribution in [0.4, 0.5) is 4.39 Å². The molecule has 112 valence electrons. The highest BCUT2D eigenvalue weighted by molar-refractivity contribution is 7.89. The number of hydrogen-bond donors (Lipinski definition) is 1. The molecule has 0 unspecified atom stereocenters. The molecular weight excluding hydrogens is 283 g/mol. The molecular formula is C13H19FN2O3S. The molecule has 0 heterocycles. The molecule has 0 saturated heterocycles. The van der Waals surface area contributed by atoms with E-state index in [1.165, 1.54) is 11.0 Å². The van der Waals surface area contributed by atoms with E-state index in [1.54, 1.807) is 7.05 Å². The number of rotatable bonds is 4. The summed E-state index contributed by atoms with van der Waals surface area (Å²) in [6.07, 6.45) is 0.721. The normalized spacial score (nSPS) is 12.3. The summed E-state index contributed by atoms with van der Waals surface area (Å²) in [5.41, 5.74) is -0.313. The van der Waals surface area contributed by atoms with Gasteiger partial charge >= 0.3 is 0 Å². The monoisotopic (exact) mass is 302 g/mol. The molecule has 20 heavy (non-hydrogen) atoms. The summed E-state index contributed by atoms with van der Waals surface area (Å²) in [6, 6.07) is 3.14. The topological polar surface area (TPSA) is 80.5 Å². The molecule has 1 amide bonds. The lowest BCUT2D eigenvalue weighted by atomic mass is 9.99. The van der Waals surface area contributed by atoms with Crippen molar-refractivity contribution in [3.63, 3.8) is 0 Å². The zero-order valence-corrected chi connectivity index (χ0v) is 12.8. The van der Waals surface area contributed by atoms with Crippen molar-refractivity contribution in [2.24, 2.45) is 5.14 Å². The Labute approximate surface area is 118 Å². The first-order chi connectivity index (χ1) is 9.00. The lowest BCUT2D eigenvalue weighted by Gasteiger charge is -2.35. The van der Waals surface area contributed by atoms with E-state index in [-0.39, 0.29) is 11.5 Å². The molecule has 0 aliphatic rings. The number of primary sulfonamides is 1. The van der Waals surface area contributed by atoms with Crippen molar-refractivity contribution in [1.29, 1.82) is 0 Å². The van der Waals surface area contributed by atoms with Gasteiger partial charge in [0.1, 0.15) is 10.7 Å². The van der Waals surface area contributed by atoms with Crippen LogP contribution in [0.2, 0.25) is 0 Å². The van der Waals surface area contributed by atoms with Crippen LogP contribution in [0, 0.1) is 5.82 Å². The summed E-state index contributed by atoms with van der Waals surface area (Å²) in [6.45, 7) is 5.70. The van der Waals surface area contributed by atoms with Gasteiger partial charge in [0.2, 0.25) is 10.0 Å². The van der Waals surface area contributed by atoms with Crippen molar-refractivity contribution in [1.82, 2.24) is 4.90 Å². The number of nitrogens with zero attached hydrogens (tertiary/aromatic N) is 1. The fourth-order valence-corrected chi connectivity index (χ4v) is 2.19. The molecule has 0 atom stereocenters. The molecule has 0 spiro atoms. The third-order valence-electron chi connectivity index (χ3n) is 3.56. The van der Waals surface area contributed by atoms with E-state index in [1.807, 2.05) is 20.8 Å². The molecule has 0 bridgehead atoms. The van der Waals surface area contributed by atoms with Gasteiger partial charge in [-0.2, -0.15) is 0 Å². The Morgan fingerprint density at radius 3 is 2.40 bits per heavy atom. The minimum Gasteiger partial charge on any atom is -0.337 e. The Balaban J connectivity index is 3.26. The average Bonchev–Trinajstić information content (AvgIpc) is 2.36. The second kappa shape index (κ2) is 5.49. The van der Waals surface area contributed by atoms with Crippen LogP contribution in [0.1, 0.15) is 37.6 Å². The van der Waals surface area contributed by atoms with Crippen LogP contribution in [0.5, 0.6) is 0 Å². The van der Waals surface area contributed by atoms with Crippen molar-refractivity contribution < 1.29 is 17.6 Å². The van der Waals surface area contributed by atoms with Crippen molar-refractivity contribution in [2.45, 2.75) is 37.6 Å². The van der Waals surface area contributed by atoms with Gasteiger partial charge in [-0.3, -0.25) is 4.79 Å². The third-order valence-corrected chi connectivity index (χ3v) is 4.49. The van der Waals surface area contributed by atoms with Gasteiger partial charge in [0.05, 0.1) is 0 Å². The molecule has 1 aromatic rings. The summed E-state index contributed by atoms with van der Waals surface area (Å²) < 4.78 is 36.0. The number of amides is 1. The summed E-state index contributed by atoms with van der Waals surface area (Å²) >= 11 is 0. The Morgan fingerprint density at radius 2 is 1.95 bits per heavy atom. The van der Waals surface area contributed by atoms with E-state index in [4.69, 9.17) is 5.14 Å². The highest BCUT2D eigenvalue weighted by atomic mass is 32.2. The first-order valence-corrected chi connectivity index (χ1v) is 7.66. The molecule has 2 N–H and O–H groups in total. The number of carbonyl (C=O) groups excluding carboxylic acids is 1. The number of sulfonamides is 1. The minimum absolute atomic E-state index is 0.0828. The highest BCUT2D eigenvalue weighted by Crippen LogP contribution is 2.21. The third kappa shape index (κ3) is 3.34. The van der Waals surface area contributed by atoms with Gasteiger partial charge < -0.3 is 4.90 Å². The van der Waals surface area contributed by atoms with E-state index in [0.29, 0.717) is 0 Å². The molecule has 1 rings (SSSR count). The molecule has 1 aromatic carbocycles. The van der Waals surface area contributed by atoms with Crippen LogP contribution in [0.25, 0.3) is 0 Å². The summed E-state index contributed by atoms with van der Waals surface area (Å²) in [5.74, 6) is -1.36. The zero-order chi connectivity index (χ0) is 15.7. The molecule has 0 radical (unpaired) electrons. The number of hydrogen-bond acceptors (Lipinski definition) is 3. The van der Waals surface area contributed by atoms with E-state index in [0.717, 1.165) is 18.6 Å². The van der Waals surface area contributed by atoms with Crippen molar-refractivity contribution in [3.05, 3.63) is 29.6 Å². The predicted octanol–water partition coefficient (Wildman–Crippen LogP) is 1.73. The molecule has 0 aliphatic carbocycles. The molecule has 7 heteroatoms. The van der Waals surface area contributed by atoms with Crippen molar-refractivity contribution in [3.8, 4) is 0 Å². The Hall–Kier alpha value is -1.47. The van der Waals surface area contributed by atoms with Crippen molar-refractivity contribution >= 4 is 15.9 Å². The van der Waals surface area contributed by atoms with Gasteiger partial charge in [0.25, 0.3) is 5.91 Å². The largest absolute Gasteiger partial charge is 0.337 e. The molecule has 0 fully saturated rings. The lowest BCUT2D eigenvalue weighted by molar-refractivity contribution is 0.0620. The Bertz CT molecular complexity index is 627. The van der Waals surface area contributed by atoms with E-state index >= 15 is 0 Å². The van der Waals surface area contributed by atoms with Gasteiger partial charge in [-0.25, -0.2) is 17.9 Å². The maximum atomic E-state index is 13.4. The molecule has 5 nitrogen and oxygen atoms in total. The predicted molar refractivity (Wildman–Crippen MR) is 74.2 cm³/mol. The maximum absolute atomic E-state index is 13.4. The Morgan fingerprint density at radius 1 is 1.40 bits per heavy atom. The molecule has 0 aromatic heterocycles. The zero-order valence-electron chi connectivity index (χ0n) is 12.0. The van der Waals surface area contributed by atoms with Crippen LogP contribution in [-0.4, -0.2) is 31.8 Å². The second-order valence-electron chi connectivity index (χ2n) is 5.22. The van der Waals surface area contributed by atoms with Gasteiger partial charge in [-0.1, -0.05) is 6.92 Å². The van der Waals surface area contributed by atoms with Gasteiger partial charge in [-0.05, 0) is 38.5 Å². The summed E-state index contributed by atoms with van der Waals surface area (Å²) in [7, 11) is -2.59. The summed E-state index contributed by atoms with van der Waals surface area (Å²) in [4.78, 5) is 13.1. The number of carbonyl (C=O) groups is 1. The number of halogens is 1. The fraction of sp³-hybridized carbons (Fsp3) is 0.462. The number of nitrogens with two attached hydrogens (primary N) is 1. The standard InChI is InChI=1S/C13H19FN2O3S/c1-5-13(2,3)16(4)12(17)9-6-7-10(14)11(8-9)20(15,18)19/h6-8H,5H2,1-4H3,(H2,15,18,19). The highest BCUT2D eigenvalue weighted by Gasteiger charge is 2.27. The maximum Gasteiger partial charge on any atom is 0.254 e. The van der Waals surface area contributed by atoms with Gasteiger partial charge in [0.15, 0.2) is 0 Å². The number of benzene rings is 1. The molecule has 0 aliphatic heterocycles. The van der Waals surface area contributed by atoms with Crippen LogP contribution >= 0.6 is 0 Å². The summed E-state index contributed by atoms with van der Waals surface area (Å²) in [5, 5.41) is 4.92. The average molecular weight is 302 g/mol. The van der Waals surface area contributed by atoms with E-state index < -0.39 is 26.3 Å². The van der Waals surface area contributed by atoms with Gasteiger partial charge in [-0.15, -0.1) is 0 Å². The van der Waals surface area contributed by atoms with E-state index in [2.05, 4.69) is 0 Å². The SMILES string of the molecule is CCC(C)(C)N(C)C(=O)c1ccc(F)c(S(N)(=O)=O)c1.